The van der Waals surface area contributed by atoms with E-state index >= 15 is 0 Å². The molecular formula is C13H18O3. The second kappa shape index (κ2) is 5.54. The zero-order valence-corrected chi connectivity index (χ0v) is 9.99. The van der Waals surface area contributed by atoms with E-state index in [0.29, 0.717) is 12.4 Å². The number of ether oxygens (including phenoxy) is 1. The van der Waals surface area contributed by atoms with Crippen LogP contribution in [-0.4, -0.2) is 17.7 Å². The van der Waals surface area contributed by atoms with E-state index in [0.717, 1.165) is 12.0 Å². The molecule has 0 bridgehead atoms. The maximum atomic E-state index is 11.1. The van der Waals surface area contributed by atoms with Crippen LogP contribution in [0.5, 0.6) is 5.75 Å². The number of benzene rings is 1. The van der Waals surface area contributed by atoms with E-state index in [1.165, 1.54) is 0 Å². The van der Waals surface area contributed by atoms with Crippen LogP contribution >= 0.6 is 0 Å². The van der Waals surface area contributed by atoms with Crippen molar-refractivity contribution < 1.29 is 14.6 Å². The van der Waals surface area contributed by atoms with Gasteiger partial charge in [0.2, 0.25) is 0 Å². The highest BCUT2D eigenvalue weighted by Gasteiger charge is 2.16. The van der Waals surface area contributed by atoms with E-state index in [2.05, 4.69) is 0 Å². The largest absolute Gasteiger partial charge is 0.492 e. The Morgan fingerprint density at radius 3 is 2.62 bits per heavy atom. The average molecular weight is 222 g/mol. The van der Waals surface area contributed by atoms with Crippen LogP contribution in [0, 0.1) is 0 Å². The predicted molar refractivity (Wildman–Crippen MR) is 63.3 cm³/mol. The zero-order valence-electron chi connectivity index (χ0n) is 9.99. The lowest BCUT2D eigenvalue weighted by Gasteiger charge is -2.15. The van der Waals surface area contributed by atoms with Gasteiger partial charge in [0.05, 0.1) is 6.61 Å². The van der Waals surface area contributed by atoms with E-state index in [1.54, 1.807) is 12.1 Å². The normalized spacial score (nSPS) is 10.5. The van der Waals surface area contributed by atoms with Crippen molar-refractivity contribution in [3.63, 3.8) is 0 Å². The summed E-state index contributed by atoms with van der Waals surface area (Å²) in [6, 6.07) is 5.26. The molecule has 0 saturated heterocycles. The highest BCUT2D eigenvalue weighted by atomic mass is 16.5. The van der Waals surface area contributed by atoms with Gasteiger partial charge in [-0.05, 0) is 24.0 Å². The highest BCUT2D eigenvalue weighted by Crippen LogP contribution is 2.30. The summed E-state index contributed by atoms with van der Waals surface area (Å²) in [5.74, 6) is -0.161. The summed E-state index contributed by atoms with van der Waals surface area (Å²) in [5.41, 5.74) is 1.20. The van der Waals surface area contributed by atoms with E-state index in [-0.39, 0.29) is 11.5 Å². The fraction of sp³-hybridized carbons (Fsp3) is 0.462. The van der Waals surface area contributed by atoms with Crippen LogP contribution < -0.4 is 4.74 Å². The molecule has 1 rings (SSSR count). The Hall–Kier alpha value is -1.51. The Bertz CT molecular complexity index is 369. The number of rotatable bonds is 5. The summed E-state index contributed by atoms with van der Waals surface area (Å²) >= 11 is 0. The van der Waals surface area contributed by atoms with Crippen molar-refractivity contribution in [1.29, 1.82) is 0 Å². The molecule has 16 heavy (non-hydrogen) atoms. The van der Waals surface area contributed by atoms with Gasteiger partial charge < -0.3 is 9.84 Å². The highest BCUT2D eigenvalue weighted by molar-refractivity contribution is 5.91. The number of hydrogen-bond acceptors (Lipinski definition) is 2. The summed E-state index contributed by atoms with van der Waals surface area (Å²) in [6.45, 7) is 6.60. The number of carboxylic acid groups (broad SMARTS) is 1. The van der Waals surface area contributed by atoms with Crippen LogP contribution in [0.3, 0.4) is 0 Å². The fourth-order valence-electron chi connectivity index (χ4n) is 1.54. The van der Waals surface area contributed by atoms with Gasteiger partial charge in [-0.3, -0.25) is 0 Å². The van der Waals surface area contributed by atoms with Crippen molar-refractivity contribution in [2.75, 3.05) is 6.61 Å². The van der Waals surface area contributed by atoms with Crippen molar-refractivity contribution >= 4 is 5.97 Å². The van der Waals surface area contributed by atoms with E-state index in [9.17, 15) is 4.79 Å². The van der Waals surface area contributed by atoms with Gasteiger partial charge in [0.25, 0.3) is 0 Å². The first-order valence-corrected chi connectivity index (χ1v) is 5.57. The molecule has 0 spiro atoms. The Morgan fingerprint density at radius 1 is 1.44 bits per heavy atom. The molecule has 3 heteroatoms. The van der Waals surface area contributed by atoms with Gasteiger partial charge >= 0.3 is 5.97 Å². The molecule has 0 aromatic heterocycles. The van der Waals surface area contributed by atoms with Crippen LogP contribution in [0.15, 0.2) is 18.2 Å². The van der Waals surface area contributed by atoms with Crippen molar-refractivity contribution in [3.05, 3.63) is 29.3 Å². The number of aromatic carboxylic acids is 1. The summed E-state index contributed by atoms with van der Waals surface area (Å²) in [4.78, 5) is 11.1. The lowest BCUT2D eigenvalue weighted by molar-refractivity contribution is 0.0692. The van der Waals surface area contributed by atoms with E-state index < -0.39 is 5.97 Å². The zero-order chi connectivity index (χ0) is 12.1. The number of carbonyl (C=O) groups is 1. The first-order chi connectivity index (χ1) is 7.57. The summed E-state index contributed by atoms with van der Waals surface area (Å²) in [5, 5.41) is 9.09. The van der Waals surface area contributed by atoms with E-state index in [4.69, 9.17) is 9.84 Å². The van der Waals surface area contributed by atoms with Gasteiger partial charge in [0.15, 0.2) is 0 Å². The molecule has 0 saturated carbocycles. The molecule has 88 valence electrons. The summed E-state index contributed by atoms with van der Waals surface area (Å²) in [6.07, 6.45) is 0.867. The topological polar surface area (TPSA) is 46.5 Å². The lowest BCUT2D eigenvalue weighted by Crippen LogP contribution is -2.07. The van der Waals surface area contributed by atoms with Crippen LogP contribution in [-0.2, 0) is 0 Å². The second-order valence-electron chi connectivity index (χ2n) is 4.03. The van der Waals surface area contributed by atoms with Crippen molar-refractivity contribution in [2.45, 2.75) is 33.1 Å². The lowest BCUT2D eigenvalue weighted by atomic mass is 9.99. The smallest absolute Gasteiger partial charge is 0.339 e. The maximum Gasteiger partial charge on any atom is 0.339 e. The van der Waals surface area contributed by atoms with Gasteiger partial charge in [0, 0.05) is 0 Å². The molecule has 1 aromatic rings. The van der Waals surface area contributed by atoms with Gasteiger partial charge in [-0.25, -0.2) is 4.79 Å². The molecule has 1 N–H and O–H groups in total. The molecule has 0 unspecified atom stereocenters. The van der Waals surface area contributed by atoms with Gasteiger partial charge in [-0.1, -0.05) is 32.9 Å². The molecule has 3 nitrogen and oxygen atoms in total. The molecule has 0 aliphatic rings. The predicted octanol–water partition coefficient (Wildman–Crippen LogP) is 3.30. The van der Waals surface area contributed by atoms with Crippen molar-refractivity contribution in [2.24, 2.45) is 0 Å². The minimum atomic E-state index is -0.936. The van der Waals surface area contributed by atoms with Crippen LogP contribution in [0.25, 0.3) is 0 Å². The molecule has 0 aliphatic heterocycles. The first-order valence-electron chi connectivity index (χ1n) is 5.57. The summed E-state index contributed by atoms with van der Waals surface area (Å²) in [7, 11) is 0. The van der Waals surface area contributed by atoms with Crippen molar-refractivity contribution in [1.82, 2.24) is 0 Å². The van der Waals surface area contributed by atoms with Crippen molar-refractivity contribution in [3.8, 4) is 5.75 Å². The second-order valence-corrected chi connectivity index (χ2v) is 4.03. The third kappa shape index (κ3) is 2.75. The maximum absolute atomic E-state index is 11.1. The standard InChI is InChI=1S/C13H18O3/c1-4-8-16-12-10(9(2)3)6-5-7-11(12)13(14)15/h5-7,9H,4,8H2,1-3H3,(H,14,15). The van der Waals surface area contributed by atoms with Crippen LogP contribution in [0.2, 0.25) is 0 Å². The molecule has 0 aliphatic carbocycles. The fourth-order valence-corrected chi connectivity index (χ4v) is 1.54. The Balaban J connectivity index is 3.18. The summed E-state index contributed by atoms with van der Waals surface area (Å²) < 4.78 is 5.56. The van der Waals surface area contributed by atoms with E-state index in [1.807, 2.05) is 26.8 Å². The third-order valence-electron chi connectivity index (χ3n) is 2.35. The average Bonchev–Trinajstić information content (AvgIpc) is 2.25. The molecule has 0 fully saturated rings. The monoisotopic (exact) mass is 222 g/mol. The molecule has 0 heterocycles. The molecule has 0 amide bonds. The quantitative estimate of drug-likeness (QED) is 0.831. The van der Waals surface area contributed by atoms with Gasteiger partial charge in [-0.15, -0.1) is 0 Å². The Kier molecular flexibility index (Phi) is 4.35. The van der Waals surface area contributed by atoms with Gasteiger partial charge in [0.1, 0.15) is 11.3 Å². The SMILES string of the molecule is CCCOc1c(C(=O)O)cccc1C(C)C. The molecule has 1 aromatic carbocycles. The Labute approximate surface area is 96.1 Å². The molecule has 0 atom stereocenters. The molecule has 0 radical (unpaired) electrons. The minimum absolute atomic E-state index is 0.250. The number of para-hydroxylation sites is 1. The number of carboxylic acids is 1. The minimum Gasteiger partial charge on any atom is -0.492 e. The first kappa shape index (κ1) is 12.6. The van der Waals surface area contributed by atoms with Crippen LogP contribution in [0.4, 0.5) is 0 Å². The van der Waals surface area contributed by atoms with Crippen LogP contribution in [0.1, 0.15) is 49.0 Å². The molecular weight excluding hydrogens is 204 g/mol. The third-order valence-corrected chi connectivity index (χ3v) is 2.35. The Morgan fingerprint density at radius 2 is 2.12 bits per heavy atom. The van der Waals surface area contributed by atoms with Gasteiger partial charge in [-0.2, -0.15) is 0 Å². The number of hydrogen-bond donors (Lipinski definition) is 1.